The summed E-state index contributed by atoms with van der Waals surface area (Å²) in [4.78, 5) is 12.9. The first-order chi connectivity index (χ1) is 17.1. The van der Waals surface area contributed by atoms with Crippen LogP contribution < -0.4 is 10.2 Å². The number of aromatic nitrogens is 4. The van der Waals surface area contributed by atoms with Crippen LogP contribution in [-0.4, -0.2) is 39.0 Å². The van der Waals surface area contributed by atoms with Gasteiger partial charge in [-0.3, -0.25) is 0 Å². The van der Waals surface area contributed by atoms with Gasteiger partial charge in [-0.1, -0.05) is 6.07 Å². The van der Waals surface area contributed by atoms with Crippen molar-refractivity contribution in [2.45, 2.75) is 30.1 Å². The molecule has 1 fully saturated rings. The lowest BCUT2D eigenvalue weighted by molar-refractivity contribution is 0.396. The lowest BCUT2D eigenvalue weighted by Crippen LogP contribution is -2.34. The minimum atomic E-state index is -0.303. The van der Waals surface area contributed by atoms with Crippen LogP contribution >= 0.6 is 11.8 Å². The van der Waals surface area contributed by atoms with Crippen LogP contribution in [0.1, 0.15) is 30.3 Å². The molecular formula is C25H22F2N6OS. The van der Waals surface area contributed by atoms with Gasteiger partial charge in [-0.15, -0.1) is 22.0 Å². The highest BCUT2D eigenvalue weighted by Crippen LogP contribution is 2.39. The van der Waals surface area contributed by atoms with Crippen LogP contribution in [0.25, 0.3) is 11.5 Å². The number of nitrogens with zero attached hydrogens (tertiary/aromatic N) is 5. The van der Waals surface area contributed by atoms with Gasteiger partial charge in [0.2, 0.25) is 17.7 Å². The Morgan fingerprint density at radius 2 is 1.80 bits per heavy atom. The average molecular weight is 493 g/mol. The smallest absolute Gasteiger partial charge is 0.247 e. The van der Waals surface area contributed by atoms with Crippen LogP contribution in [0.15, 0.2) is 57.8 Å². The number of nitrogens with one attached hydrogen (secondary N) is 1. The fourth-order valence-corrected chi connectivity index (χ4v) is 5.47. The van der Waals surface area contributed by atoms with Crippen LogP contribution in [0.4, 0.5) is 26.2 Å². The van der Waals surface area contributed by atoms with Gasteiger partial charge in [0, 0.05) is 42.4 Å². The number of halogens is 2. The molecule has 4 aromatic rings. The maximum Gasteiger partial charge on any atom is 0.247 e. The monoisotopic (exact) mass is 492 g/mol. The van der Waals surface area contributed by atoms with Crippen molar-refractivity contribution in [1.82, 2.24) is 20.2 Å². The SMILES string of the molecule is Fc1ccc(-c2nnc(C3CCN(c4nc5c(c(Nc6cccc(F)c6)n4)SCC5)CC3)o2)cc1. The summed E-state index contributed by atoms with van der Waals surface area (Å²) in [5.41, 5.74) is 2.39. The zero-order valence-electron chi connectivity index (χ0n) is 18.7. The van der Waals surface area contributed by atoms with Gasteiger partial charge in [0.1, 0.15) is 17.5 Å². The van der Waals surface area contributed by atoms with Crippen molar-refractivity contribution >= 4 is 29.2 Å². The second-order valence-corrected chi connectivity index (χ2v) is 9.70. The molecule has 178 valence electrons. The van der Waals surface area contributed by atoms with Gasteiger partial charge in [0.15, 0.2) is 0 Å². The summed E-state index contributed by atoms with van der Waals surface area (Å²) in [5.74, 6) is 2.91. The molecule has 0 amide bonds. The maximum atomic E-state index is 13.7. The zero-order chi connectivity index (χ0) is 23.8. The Morgan fingerprint density at radius 1 is 0.971 bits per heavy atom. The largest absolute Gasteiger partial charge is 0.420 e. The van der Waals surface area contributed by atoms with Crippen LogP contribution in [0.5, 0.6) is 0 Å². The molecule has 1 N–H and O–H groups in total. The first-order valence-corrected chi connectivity index (χ1v) is 12.5. The van der Waals surface area contributed by atoms with Gasteiger partial charge in [-0.05, 0) is 55.3 Å². The predicted molar refractivity (Wildman–Crippen MR) is 130 cm³/mol. The number of fused-ring (bicyclic) bond motifs is 1. The number of piperidine rings is 1. The topological polar surface area (TPSA) is 80.0 Å². The lowest BCUT2D eigenvalue weighted by atomic mass is 9.97. The van der Waals surface area contributed by atoms with E-state index in [1.54, 1.807) is 30.0 Å². The Labute approximate surface area is 205 Å². The molecule has 0 spiro atoms. The minimum absolute atomic E-state index is 0.142. The van der Waals surface area contributed by atoms with Crippen LogP contribution in [-0.2, 0) is 6.42 Å². The number of hydrogen-bond donors (Lipinski definition) is 1. The van der Waals surface area contributed by atoms with Crippen molar-refractivity contribution in [2.75, 3.05) is 29.1 Å². The highest BCUT2D eigenvalue weighted by Gasteiger charge is 2.28. The Morgan fingerprint density at radius 3 is 2.60 bits per heavy atom. The molecule has 7 nitrogen and oxygen atoms in total. The highest BCUT2D eigenvalue weighted by molar-refractivity contribution is 7.99. The summed E-state index contributed by atoms with van der Waals surface area (Å²) in [6.45, 7) is 1.51. The third-order valence-corrected chi connectivity index (χ3v) is 7.38. The van der Waals surface area contributed by atoms with E-state index in [9.17, 15) is 8.78 Å². The van der Waals surface area contributed by atoms with E-state index in [1.165, 1.54) is 24.3 Å². The molecular weight excluding hydrogens is 470 g/mol. The fourth-order valence-electron chi connectivity index (χ4n) is 4.42. The molecule has 1 saturated heterocycles. The van der Waals surface area contributed by atoms with Gasteiger partial charge in [0.25, 0.3) is 0 Å². The van der Waals surface area contributed by atoms with Crippen molar-refractivity contribution in [1.29, 1.82) is 0 Å². The van der Waals surface area contributed by atoms with E-state index in [-0.39, 0.29) is 17.6 Å². The lowest BCUT2D eigenvalue weighted by Gasteiger charge is -2.31. The summed E-state index contributed by atoms with van der Waals surface area (Å²) < 4.78 is 32.8. The molecule has 0 saturated carbocycles. The van der Waals surface area contributed by atoms with Gasteiger partial charge in [-0.2, -0.15) is 4.98 Å². The zero-order valence-corrected chi connectivity index (χ0v) is 19.6. The fraction of sp³-hybridized carbons (Fsp3) is 0.280. The summed E-state index contributed by atoms with van der Waals surface area (Å²) >= 11 is 1.72. The molecule has 0 aliphatic carbocycles. The predicted octanol–water partition coefficient (Wildman–Crippen LogP) is 5.58. The summed E-state index contributed by atoms with van der Waals surface area (Å²) in [6, 6.07) is 12.4. The first kappa shape index (κ1) is 22.0. The third-order valence-electron chi connectivity index (χ3n) is 6.26. The molecule has 2 aliphatic rings. The third kappa shape index (κ3) is 4.58. The van der Waals surface area contributed by atoms with E-state index >= 15 is 0 Å². The van der Waals surface area contributed by atoms with Crippen LogP contribution in [0, 0.1) is 11.6 Å². The molecule has 35 heavy (non-hydrogen) atoms. The summed E-state index contributed by atoms with van der Waals surface area (Å²) in [7, 11) is 0. The molecule has 2 aromatic heterocycles. The number of hydrogen-bond acceptors (Lipinski definition) is 8. The van der Waals surface area contributed by atoms with E-state index in [0.29, 0.717) is 29.0 Å². The number of thioether (sulfide) groups is 1. The molecule has 4 heterocycles. The van der Waals surface area contributed by atoms with Crippen LogP contribution in [0.3, 0.4) is 0 Å². The Kier molecular flexibility index (Phi) is 5.81. The normalized spacial score (nSPS) is 15.9. The van der Waals surface area contributed by atoms with Gasteiger partial charge < -0.3 is 14.6 Å². The van der Waals surface area contributed by atoms with Gasteiger partial charge >= 0.3 is 0 Å². The second-order valence-electron chi connectivity index (χ2n) is 8.60. The van der Waals surface area contributed by atoms with E-state index in [4.69, 9.17) is 14.4 Å². The van der Waals surface area contributed by atoms with E-state index in [2.05, 4.69) is 20.4 Å². The van der Waals surface area contributed by atoms with E-state index in [1.807, 2.05) is 6.07 Å². The minimum Gasteiger partial charge on any atom is -0.420 e. The first-order valence-electron chi connectivity index (χ1n) is 11.5. The molecule has 2 aromatic carbocycles. The van der Waals surface area contributed by atoms with Crippen molar-refractivity contribution < 1.29 is 13.2 Å². The Bertz CT molecular complexity index is 1350. The molecule has 0 bridgehead atoms. The average Bonchev–Trinajstić information content (AvgIpc) is 3.55. The van der Waals surface area contributed by atoms with Gasteiger partial charge in [-0.25, -0.2) is 13.8 Å². The Hall–Kier alpha value is -3.53. The number of aryl methyl sites for hydroxylation is 1. The number of benzene rings is 2. The van der Waals surface area contributed by atoms with E-state index in [0.717, 1.165) is 54.5 Å². The molecule has 0 unspecified atom stereocenters. The van der Waals surface area contributed by atoms with Crippen molar-refractivity contribution in [3.05, 3.63) is 71.8 Å². The van der Waals surface area contributed by atoms with E-state index < -0.39 is 0 Å². The van der Waals surface area contributed by atoms with Gasteiger partial charge in [0.05, 0.1) is 10.6 Å². The highest BCUT2D eigenvalue weighted by atomic mass is 32.2. The van der Waals surface area contributed by atoms with Crippen molar-refractivity contribution in [2.24, 2.45) is 0 Å². The summed E-state index contributed by atoms with van der Waals surface area (Å²) in [5, 5.41) is 11.7. The quantitative estimate of drug-likeness (QED) is 0.387. The molecule has 0 radical (unpaired) electrons. The maximum absolute atomic E-state index is 13.7. The summed E-state index contributed by atoms with van der Waals surface area (Å²) in [6.07, 6.45) is 2.54. The molecule has 2 aliphatic heterocycles. The van der Waals surface area contributed by atoms with Crippen molar-refractivity contribution in [3.63, 3.8) is 0 Å². The van der Waals surface area contributed by atoms with Crippen LogP contribution in [0.2, 0.25) is 0 Å². The van der Waals surface area contributed by atoms with Crippen molar-refractivity contribution in [3.8, 4) is 11.5 Å². The second kappa shape index (κ2) is 9.26. The standard InChI is InChI=1S/C25H22F2N6OS/c26-17-6-4-15(5-7-17)23-31-32-24(34-23)16-8-11-33(12-9-16)25-29-20-10-13-35-21(20)22(30-25)28-19-3-1-2-18(27)14-19/h1-7,14,16H,8-13H2,(H,28,29,30). The molecule has 10 heteroatoms. The molecule has 0 atom stereocenters. The number of anilines is 3. The molecule has 6 rings (SSSR count). The number of rotatable bonds is 5. The Balaban J connectivity index is 1.17.